The Labute approximate surface area is 110 Å². The van der Waals surface area contributed by atoms with Crippen molar-refractivity contribution in [1.82, 2.24) is 10.2 Å². The van der Waals surface area contributed by atoms with Gasteiger partial charge in [-0.25, -0.2) is 0 Å². The third-order valence-electron chi connectivity index (χ3n) is 2.66. The molecule has 0 saturated heterocycles. The van der Waals surface area contributed by atoms with Gasteiger partial charge in [-0.15, -0.1) is 0 Å². The second kappa shape index (κ2) is 8.91. The van der Waals surface area contributed by atoms with E-state index >= 15 is 0 Å². The standard InChI is InChI=1S/C13H27N3O2/c1-5-7-8-11(14)13(18)16(6-2)9-12(17)15-10(3)4/h10-11H,5-9,14H2,1-4H3,(H,15,17)/t11-/m0/s1. The number of carbonyl (C=O) groups is 2. The fraction of sp³-hybridized carbons (Fsp3) is 0.846. The van der Waals surface area contributed by atoms with E-state index < -0.39 is 6.04 Å². The quantitative estimate of drug-likeness (QED) is 0.677. The summed E-state index contributed by atoms with van der Waals surface area (Å²) in [5.74, 6) is -0.271. The molecule has 3 N–H and O–H groups in total. The fourth-order valence-electron chi connectivity index (χ4n) is 1.67. The van der Waals surface area contributed by atoms with E-state index in [-0.39, 0.29) is 24.4 Å². The summed E-state index contributed by atoms with van der Waals surface area (Å²) in [6.07, 6.45) is 2.63. The molecule has 2 amide bonds. The second-order valence-electron chi connectivity index (χ2n) is 4.82. The summed E-state index contributed by atoms with van der Waals surface area (Å²) in [4.78, 5) is 25.2. The minimum absolute atomic E-state index is 0.0834. The molecule has 0 unspecified atom stereocenters. The Hall–Kier alpha value is -1.10. The van der Waals surface area contributed by atoms with Crippen molar-refractivity contribution < 1.29 is 9.59 Å². The van der Waals surface area contributed by atoms with Crippen LogP contribution in [0.3, 0.4) is 0 Å². The van der Waals surface area contributed by atoms with Crippen LogP contribution in [0.4, 0.5) is 0 Å². The zero-order valence-electron chi connectivity index (χ0n) is 12.0. The first kappa shape index (κ1) is 16.9. The van der Waals surface area contributed by atoms with Crippen LogP contribution in [-0.2, 0) is 9.59 Å². The predicted octanol–water partition coefficient (Wildman–Crippen LogP) is 0.877. The van der Waals surface area contributed by atoms with Gasteiger partial charge in [-0.05, 0) is 27.2 Å². The van der Waals surface area contributed by atoms with Crippen LogP contribution in [0.5, 0.6) is 0 Å². The normalized spacial score (nSPS) is 12.3. The number of amides is 2. The minimum Gasteiger partial charge on any atom is -0.352 e. The molecule has 0 aromatic carbocycles. The lowest BCUT2D eigenvalue weighted by atomic mass is 10.1. The Balaban J connectivity index is 4.30. The molecule has 0 bridgehead atoms. The van der Waals surface area contributed by atoms with Crippen LogP contribution in [0.15, 0.2) is 0 Å². The Bertz CT molecular complexity index is 267. The fourth-order valence-corrected chi connectivity index (χ4v) is 1.67. The molecule has 106 valence electrons. The molecular formula is C13H27N3O2. The molecule has 0 heterocycles. The first-order valence-electron chi connectivity index (χ1n) is 6.76. The number of hydrogen-bond acceptors (Lipinski definition) is 3. The molecule has 0 aromatic heterocycles. The van der Waals surface area contributed by atoms with Gasteiger partial charge in [0.15, 0.2) is 0 Å². The van der Waals surface area contributed by atoms with Gasteiger partial charge in [-0.1, -0.05) is 19.8 Å². The predicted molar refractivity (Wildman–Crippen MR) is 73.0 cm³/mol. The van der Waals surface area contributed by atoms with Crippen LogP contribution in [0, 0.1) is 0 Å². The highest BCUT2D eigenvalue weighted by atomic mass is 16.2. The number of likely N-dealkylation sites (N-methyl/N-ethyl adjacent to an activating group) is 1. The van der Waals surface area contributed by atoms with Crippen LogP contribution in [0.1, 0.15) is 47.0 Å². The summed E-state index contributed by atoms with van der Waals surface area (Å²) in [7, 11) is 0. The monoisotopic (exact) mass is 257 g/mol. The van der Waals surface area contributed by atoms with E-state index in [0.717, 1.165) is 12.8 Å². The average Bonchev–Trinajstić information content (AvgIpc) is 2.31. The van der Waals surface area contributed by atoms with Gasteiger partial charge in [0.05, 0.1) is 12.6 Å². The Morgan fingerprint density at radius 1 is 1.28 bits per heavy atom. The third-order valence-corrected chi connectivity index (χ3v) is 2.66. The molecule has 0 fully saturated rings. The van der Waals surface area contributed by atoms with E-state index in [0.29, 0.717) is 13.0 Å². The van der Waals surface area contributed by atoms with Crippen LogP contribution >= 0.6 is 0 Å². The van der Waals surface area contributed by atoms with E-state index in [2.05, 4.69) is 12.2 Å². The maximum atomic E-state index is 12.0. The van der Waals surface area contributed by atoms with Crippen molar-refractivity contribution in [1.29, 1.82) is 0 Å². The lowest BCUT2D eigenvalue weighted by molar-refractivity contribution is -0.137. The molecule has 0 spiro atoms. The number of nitrogens with zero attached hydrogens (tertiary/aromatic N) is 1. The van der Waals surface area contributed by atoms with E-state index in [9.17, 15) is 9.59 Å². The lowest BCUT2D eigenvalue weighted by Gasteiger charge is -2.24. The molecule has 0 aliphatic rings. The topological polar surface area (TPSA) is 75.4 Å². The molecule has 0 rings (SSSR count). The van der Waals surface area contributed by atoms with Crippen molar-refractivity contribution in [3.8, 4) is 0 Å². The average molecular weight is 257 g/mol. The SMILES string of the molecule is CCCC[C@H](N)C(=O)N(CC)CC(=O)NC(C)C. The van der Waals surface area contributed by atoms with Gasteiger partial charge in [-0.3, -0.25) is 9.59 Å². The third kappa shape index (κ3) is 6.59. The van der Waals surface area contributed by atoms with E-state index in [1.807, 2.05) is 20.8 Å². The van der Waals surface area contributed by atoms with Gasteiger partial charge in [0, 0.05) is 12.6 Å². The first-order valence-corrected chi connectivity index (χ1v) is 6.76. The molecule has 0 saturated carbocycles. The maximum absolute atomic E-state index is 12.0. The summed E-state index contributed by atoms with van der Waals surface area (Å²) in [5.41, 5.74) is 5.83. The van der Waals surface area contributed by atoms with Gasteiger partial charge < -0.3 is 16.0 Å². The lowest BCUT2D eigenvalue weighted by Crippen LogP contribution is -2.48. The number of hydrogen-bond donors (Lipinski definition) is 2. The molecule has 1 atom stereocenters. The van der Waals surface area contributed by atoms with Crippen molar-refractivity contribution in [2.45, 2.75) is 59.0 Å². The second-order valence-corrected chi connectivity index (χ2v) is 4.82. The summed E-state index contributed by atoms with van der Waals surface area (Å²) in [6.45, 7) is 8.29. The Morgan fingerprint density at radius 2 is 1.89 bits per heavy atom. The number of unbranched alkanes of at least 4 members (excludes halogenated alkanes) is 1. The van der Waals surface area contributed by atoms with Gasteiger partial charge in [0.2, 0.25) is 11.8 Å². The smallest absolute Gasteiger partial charge is 0.239 e. The zero-order chi connectivity index (χ0) is 14.1. The summed E-state index contributed by atoms with van der Waals surface area (Å²) < 4.78 is 0. The molecule has 0 radical (unpaired) electrons. The molecule has 18 heavy (non-hydrogen) atoms. The van der Waals surface area contributed by atoms with Crippen molar-refractivity contribution in [3.63, 3.8) is 0 Å². The van der Waals surface area contributed by atoms with Gasteiger partial charge in [0.25, 0.3) is 0 Å². The number of carbonyl (C=O) groups excluding carboxylic acids is 2. The molecule has 0 aliphatic carbocycles. The van der Waals surface area contributed by atoms with E-state index in [4.69, 9.17) is 5.73 Å². The van der Waals surface area contributed by atoms with Gasteiger partial charge in [-0.2, -0.15) is 0 Å². The van der Waals surface area contributed by atoms with Crippen molar-refractivity contribution in [2.24, 2.45) is 5.73 Å². The van der Waals surface area contributed by atoms with Crippen molar-refractivity contribution in [2.75, 3.05) is 13.1 Å². The van der Waals surface area contributed by atoms with Crippen molar-refractivity contribution in [3.05, 3.63) is 0 Å². The first-order chi connectivity index (χ1) is 8.42. The van der Waals surface area contributed by atoms with Gasteiger partial charge >= 0.3 is 0 Å². The number of nitrogens with one attached hydrogen (secondary N) is 1. The zero-order valence-corrected chi connectivity index (χ0v) is 12.0. The van der Waals surface area contributed by atoms with E-state index in [1.165, 1.54) is 4.90 Å². The summed E-state index contributed by atoms with van der Waals surface area (Å²) in [5, 5.41) is 2.77. The summed E-state index contributed by atoms with van der Waals surface area (Å²) >= 11 is 0. The number of rotatable bonds is 8. The molecule has 5 heteroatoms. The largest absolute Gasteiger partial charge is 0.352 e. The summed E-state index contributed by atoms with van der Waals surface area (Å²) in [6, 6.07) is -0.406. The van der Waals surface area contributed by atoms with Crippen LogP contribution in [0.2, 0.25) is 0 Å². The molecule has 0 aliphatic heterocycles. The van der Waals surface area contributed by atoms with Gasteiger partial charge in [0.1, 0.15) is 0 Å². The van der Waals surface area contributed by atoms with Crippen molar-refractivity contribution >= 4 is 11.8 Å². The van der Waals surface area contributed by atoms with Crippen LogP contribution in [-0.4, -0.2) is 41.9 Å². The maximum Gasteiger partial charge on any atom is 0.239 e. The Kier molecular flexibility index (Phi) is 8.37. The van der Waals surface area contributed by atoms with E-state index in [1.54, 1.807) is 0 Å². The minimum atomic E-state index is -0.489. The Morgan fingerprint density at radius 3 is 2.33 bits per heavy atom. The highest BCUT2D eigenvalue weighted by Gasteiger charge is 2.21. The number of nitrogens with two attached hydrogens (primary N) is 1. The highest BCUT2D eigenvalue weighted by Crippen LogP contribution is 2.02. The van der Waals surface area contributed by atoms with Crippen LogP contribution in [0.25, 0.3) is 0 Å². The molecule has 5 nitrogen and oxygen atoms in total. The molecular weight excluding hydrogens is 230 g/mol. The highest BCUT2D eigenvalue weighted by molar-refractivity contribution is 5.87. The molecule has 0 aromatic rings. The van der Waals surface area contributed by atoms with Crippen LogP contribution < -0.4 is 11.1 Å².